The fourth-order valence-corrected chi connectivity index (χ4v) is 2.56. The smallest absolute Gasteiger partial charge is 0.344 e. The lowest BCUT2D eigenvalue weighted by Crippen LogP contribution is -2.20. The number of nitro groups is 1. The summed E-state index contributed by atoms with van der Waals surface area (Å²) < 4.78 is 15.8. The van der Waals surface area contributed by atoms with Gasteiger partial charge in [-0.15, -0.1) is 0 Å². The van der Waals surface area contributed by atoms with E-state index in [4.69, 9.17) is 14.2 Å². The third kappa shape index (κ3) is 7.42. The monoisotopic (exact) mass is 429 g/mol. The maximum Gasteiger partial charge on any atom is 0.344 e. The van der Waals surface area contributed by atoms with Gasteiger partial charge in [0.2, 0.25) is 5.91 Å². The van der Waals surface area contributed by atoms with Crippen molar-refractivity contribution in [2.75, 3.05) is 19.8 Å². The number of amides is 1. The van der Waals surface area contributed by atoms with Crippen molar-refractivity contribution in [2.45, 2.75) is 20.3 Å². The largest absolute Gasteiger partial charge is 0.490 e. The molecule has 0 spiro atoms. The molecule has 0 atom stereocenters. The van der Waals surface area contributed by atoms with Crippen molar-refractivity contribution in [1.29, 1.82) is 0 Å². The van der Waals surface area contributed by atoms with Gasteiger partial charge in [0.05, 0.1) is 30.8 Å². The van der Waals surface area contributed by atoms with Crippen LogP contribution in [0.2, 0.25) is 0 Å². The maximum atomic E-state index is 12.1. The number of benzene rings is 2. The summed E-state index contributed by atoms with van der Waals surface area (Å²) in [6.45, 7) is 3.90. The van der Waals surface area contributed by atoms with Crippen LogP contribution < -0.4 is 14.9 Å². The van der Waals surface area contributed by atoms with Gasteiger partial charge < -0.3 is 14.2 Å². The zero-order valence-electron chi connectivity index (χ0n) is 17.2. The summed E-state index contributed by atoms with van der Waals surface area (Å²) >= 11 is 0. The molecule has 2 rings (SSSR count). The SMILES string of the molecule is CCOC(=O)COc1ccc(C=NNC(=O)Cc2ccccc2[N+](=O)[O-])cc1OCC. The van der Waals surface area contributed by atoms with Crippen LogP contribution in [0.15, 0.2) is 47.6 Å². The molecule has 0 radical (unpaired) electrons. The van der Waals surface area contributed by atoms with Crippen molar-refractivity contribution in [3.05, 3.63) is 63.7 Å². The molecule has 31 heavy (non-hydrogen) atoms. The van der Waals surface area contributed by atoms with Crippen molar-refractivity contribution < 1.29 is 28.7 Å². The lowest BCUT2D eigenvalue weighted by Gasteiger charge is -2.12. The first kappa shape index (κ1) is 23.3. The lowest BCUT2D eigenvalue weighted by molar-refractivity contribution is -0.385. The average Bonchev–Trinajstić information content (AvgIpc) is 2.74. The summed E-state index contributed by atoms with van der Waals surface area (Å²) in [7, 11) is 0. The number of nitrogens with zero attached hydrogens (tertiary/aromatic N) is 2. The normalized spacial score (nSPS) is 10.5. The maximum absolute atomic E-state index is 12.1. The number of hydrogen-bond acceptors (Lipinski definition) is 8. The van der Waals surface area contributed by atoms with Crippen LogP contribution in [0.4, 0.5) is 5.69 Å². The number of para-hydroxylation sites is 1. The first-order valence-corrected chi connectivity index (χ1v) is 9.54. The number of nitrogens with one attached hydrogen (secondary N) is 1. The van der Waals surface area contributed by atoms with Gasteiger partial charge in [0.15, 0.2) is 18.1 Å². The molecule has 1 N–H and O–H groups in total. The summed E-state index contributed by atoms with van der Waals surface area (Å²) in [5.74, 6) is -0.212. The van der Waals surface area contributed by atoms with E-state index < -0.39 is 16.8 Å². The Kier molecular flexibility index (Phi) is 8.96. The van der Waals surface area contributed by atoms with Gasteiger partial charge in [-0.25, -0.2) is 10.2 Å². The Morgan fingerprint density at radius 3 is 2.58 bits per heavy atom. The zero-order valence-corrected chi connectivity index (χ0v) is 17.2. The number of hydrogen-bond donors (Lipinski definition) is 1. The number of hydrazone groups is 1. The van der Waals surface area contributed by atoms with Crippen LogP contribution in [0.5, 0.6) is 11.5 Å². The Morgan fingerprint density at radius 1 is 1.10 bits per heavy atom. The Bertz CT molecular complexity index is 960. The third-order valence-corrected chi connectivity index (χ3v) is 3.86. The van der Waals surface area contributed by atoms with Gasteiger partial charge in [-0.2, -0.15) is 5.10 Å². The van der Waals surface area contributed by atoms with Gasteiger partial charge in [-0.3, -0.25) is 14.9 Å². The molecule has 2 aromatic carbocycles. The van der Waals surface area contributed by atoms with Crippen molar-refractivity contribution in [3.8, 4) is 11.5 Å². The molecule has 0 fully saturated rings. The van der Waals surface area contributed by atoms with E-state index in [-0.39, 0.29) is 25.3 Å². The van der Waals surface area contributed by atoms with Crippen LogP contribution in [-0.4, -0.2) is 42.8 Å². The molecule has 0 aliphatic heterocycles. The highest BCUT2D eigenvalue weighted by molar-refractivity contribution is 5.84. The Balaban J connectivity index is 2.00. The molecule has 0 bridgehead atoms. The summed E-state index contributed by atoms with van der Waals surface area (Å²) in [5.41, 5.74) is 3.12. The molecule has 0 saturated heterocycles. The summed E-state index contributed by atoms with van der Waals surface area (Å²) in [6.07, 6.45) is 1.22. The molecule has 2 aromatic rings. The van der Waals surface area contributed by atoms with Crippen LogP contribution in [0.1, 0.15) is 25.0 Å². The second-order valence-electron chi connectivity index (χ2n) is 6.09. The highest BCUT2D eigenvalue weighted by atomic mass is 16.6. The first-order chi connectivity index (χ1) is 14.9. The molecule has 0 saturated carbocycles. The fraction of sp³-hybridized carbons (Fsp3) is 0.286. The first-order valence-electron chi connectivity index (χ1n) is 9.54. The molecular weight excluding hydrogens is 406 g/mol. The van der Waals surface area contributed by atoms with E-state index in [0.717, 1.165) is 0 Å². The van der Waals surface area contributed by atoms with Gasteiger partial charge in [0.25, 0.3) is 5.69 Å². The topological polar surface area (TPSA) is 129 Å². The minimum atomic E-state index is -0.535. The zero-order chi connectivity index (χ0) is 22.6. The number of nitro benzene ring substituents is 1. The number of esters is 1. The van der Waals surface area contributed by atoms with E-state index in [2.05, 4.69) is 10.5 Å². The van der Waals surface area contributed by atoms with E-state index in [1.54, 1.807) is 38.1 Å². The standard InChI is InChI=1S/C21H23N3O7/c1-3-29-19-11-15(9-10-18(19)31-14-21(26)30-4-2)13-22-23-20(25)12-16-7-5-6-8-17(16)24(27)28/h5-11,13H,3-4,12,14H2,1-2H3,(H,23,25). The van der Waals surface area contributed by atoms with Crippen molar-refractivity contribution in [2.24, 2.45) is 5.10 Å². The van der Waals surface area contributed by atoms with Gasteiger partial charge in [-0.1, -0.05) is 18.2 Å². The van der Waals surface area contributed by atoms with Crippen LogP contribution in [0.25, 0.3) is 0 Å². The van der Waals surface area contributed by atoms with Crippen LogP contribution >= 0.6 is 0 Å². The van der Waals surface area contributed by atoms with E-state index in [1.807, 2.05) is 0 Å². The molecule has 0 aromatic heterocycles. The van der Waals surface area contributed by atoms with Crippen LogP contribution in [0.3, 0.4) is 0 Å². The molecular formula is C21H23N3O7. The highest BCUT2D eigenvalue weighted by Gasteiger charge is 2.15. The molecule has 10 heteroatoms. The van der Waals surface area contributed by atoms with Gasteiger partial charge in [-0.05, 0) is 37.6 Å². The van der Waals surface area contributed by atoms with E-state index >= 15 is 0 Å². The summed E-state index contributed by atoms with van der Waals surface area (Å²) in [5, 5.41) is 14.9. The highest BCUT2D eigenvalue weighted by Crippen LogP contribution is 2.28. The molecule has 0 unspecified atom stereocenters. The second-order valence-corrected chi connectivity index (χ2v) is 6.09. The predicted octanol–water partition coefficient (Wildman–Crippen LogP) is 2.63. The molecule has 1 amide bonds. The van der Waals surface area contributed by atoms with Crippen molar-refractivity contribution in [1.82, 2.24) is 5.43 Å². The number of carbonyl (C=O) groups is 2. The number of ether oxygens (including phenoxy) is 3. The predicted molar refractivity (Wildman–Crippen MR) is 112 cm³/mol. The fourth-order valence-electron chi connectivity index (χ4n) is 2.56. The molecule has 10 nitrogen and oxygen atoms in total. The Labute approximate surface area is 179 Å². The quantitative estimate of drug-likeness (QED) is 0.251. The molecule has 0 heterocycles. The Hall–Kier alpha value is -3.95. The van der Waals surface area contributed by atoms with Gasteiger partial charge in [0, 0.05) is 11.6 Å². The average molecular weight is 429 g/mol. The van der Waals surface area contributed by atoms with Crippen LogP contribution in [0, 0.1) is 10.1 Å². The lowest BCUT2D eigenvalue weighted by atomic mass is 10.1. The molecule has 0 aliphatic rings. The number of carbonyl (C=O) groups excluding carboxylic acids is 2. The minimum Gasteiger partial charge on any atom is -0.490 e. The van der Waals surface area contributed by atoms with Gasteiger partial charge >= 0.3 is 5.97 Å². The van der Waals surface area contributed by atoms with Crippen LogP contribution in [-0.2, 0) is 20.7 Å². The molecule has 164 valence electrons. The summed E-state index contributed by atoms with van der Waals surface area (Å²) in [6, 6.07) is 10.9. The number of rotatable bonds is 11. The van der Waals surface area contributed by atoms with Crippen molar-refractivity contribution >= 4 is 23.8 Å². The Morgan fingerprint density at radius 2 is 1.87 bits per heavy atom. The molecule has 0 aliphatic carbocycles. The van der Waals surface area contributed by atoms with E-state index in [0.29, 0.717) is 29.2 Å². The summed E-state index contributed by atoms with van der Waals surface area (Å²) in [4.78, 5) is 34.0. The minimum absolute atomic E-state index is 0.124. The van der Waals surface area contributed by atoms with E-state index in [9.17, 15) is 19.7 Å². The van der Waals surface area contributed by atoms with E-state index in [1.165, 1.54) is 24.4 Å². The van der Waals surface area contributed by atoms with Gasteiger partial charge in [0.1, 0.15) is 0 Å². The third-order valence-electron chi connectivity index (χ3n) is 3.86. The van der Waals surface area contributed by atoms with Crippen molar-refractivity contribution in [3.63, 3.8) is 0 Å². The second kappa shape index (κ2) is 11.9.